The van der Waals surface area contributed by atoms with Gasteiger partial charge in [-0.15, -0.1) is 5.10 Å². The molecule has 9 heteroatoms. The zero-order valence-electron chi connectivity index (χ0n) is 12.4. The summed E-state index contributed by atoms with van der Waals surface area (Å²) in [5.41, 5.74) is 0. The van der Waals surface area contributed by atoms with Crippen molar-refractivity contribution < 1.29 is 4.79 Å². The molecule has 2 aromatic rings. The summed E-state index contributed by atoms with van der Waals surface area (Å²) in [6.45, 7) is 2.88. The Morgan fingerprint density at radius 3 is 2.61 bits per heavy atom. The Hall–Kier alpha value is -1.86. The molecule has 23 heavy (non-hydrogen) atoms. The summed E-state index contributed by atoms with van der Waals surface area (Å²) in [6.07, 6.45) is 2.54. The molecular weight excluding hydrogens is 339 g/mol. The summed E-state index contributed by atoms with van der Waals surface area (Å²) in [5.74, 6) is 1.63. The summed E-state index contributed by atoms with van der Waals surface area (Å²) < 4.78 is 0. The number of hydrogen-bond acceptors (Lipinski definition) is 5. The first kappa shape index (κ1) is 16.0. The Morgan fingerprint density at radius 2 is 2.00 bits per heavy atom. The van der Waals surface area contributed by atoms with Gasteiger partial charge in [-0.05, 0) is 23.7 Å². The molecule has 0 radical (unpaired) electrons. The van der Waals surface area contributed by atoms with Crippen molar-refractivity contribution in [2.24, 2.45) is 0 Å². The Kier molecular flexibility index (Phi) is 4.97. The number of pyridine rings is 1. The van der Waals surface area contributed by atoms with Crippen LogP contribution in [0.2, 0.25) is 10.3 Å². The summed E-state index contributed by atoms with van der Waals surface area (Å²) in [6, 6.07) is 3.72. The van der Waals surface area contributed by atoms with Crippen LogP contribution in [-0.4, -0.2) is 57.2 Å². The summed E-state index contributed by atoms with van der Waals surface area (Å²) in [4.78, 5) is 24.6. The van der Waals surface area contributed by atoms with Crippen molar-refractivity contribution in [2.45, 2.75) is 12.8 Å². The van der Waals surface area contributed by atoms with E-state index in [-0.39, 0.29) is 11.2 Å². The number of aromatic amines is 1. The van der Waals surface area contributed by atoms with Crippen LogP contribution in [0.1, 0.15) is 12.2 Å². The maximum absolute atomic E-state index is 12.2. The Morgan fingerprint density at radius 1 is 1.22 bits per heavy atom. The lowest BCUT2D eigenvalue weighted by atomic mass is 10.2. The maximum atomic E-state index is 12.2. The van der Waals surface area contributed by atoms with Gasteiger partial charge in [0.1, 0.15) is 11.6 Å². The van der Waals surface area contributed by atoms with Crippen LogP contribution in [0.3, 0.4) is 0 Å². The molecule has 0 aliphatic carbocycles. The lowest BCUT2D eigenvalue weighted by molar-refractivity contribution is -0.131. The fraction of sp³-hybridized carbons (Fsp3) is 0.429. The third-order valence-electron chi connectivity index (χ3n) is 3.75. The molecule has 1 amide bonds. The zero-order valence-corrected chi connectivity index (χ0v) is 13.9. The van der Waals surface area contributed by atoms with E-state index < -0.39 is 0 Å². The number of nitrogens with one attached hydrogen (secondary N) is 1. The van der Waals surface area contributed by atoms with Gasteiger partial charge in [-0.2, -0.15) is 0 Å². The van der Waals surface area contributed by atoms with E-state index in [1.54, 1.807) is 6.20 Å². The lowest BCUT2D eigenvalue weighted by Gasteiger charge is -2.35. The molecule has 1 aliphatic rings. The predicted octanol–water partition coefficient (Wildman–Crippen LogP) is 1.79. The Bertz CT molecular complexity index is 666. The second-order valence-electron chi connectivity index (χ2n) is 5.25. The van der Waals surface area contributed by atoms with Crippen molar-refractivity contribution >= 4 is 34.9 Å². The number of aromatic nitrogens is 4. The first-order valence-corrected chi connectivity index (χ1v) is 8.08. The van der Waals surface area contributed by atoms with Crippen molar-refractivity contribution in [2.75, 3.05) is 31.1 Å². The normalized spacial score (nSPS) is 15.0. The minimum absolute atomic E-state index is 0.112. The van der Waals surface area contributed by atoms with Gasteiger partial charge in [-0.25, -0.2) is 9.97 Å². The molecular formula is C14H16Cl2N6O. The third kappa shape index (κ3) is 4.11. The fourth-order valence-electron chi connectivity index (χ4n) is 2.51. The van der Waals surface area contributed by atoms with Crippen molar-refractivity contribution in [3.63, 3.8) is 0 Å². The monoisotopic (exact) mass is 354 g/mol. The number of H-pyrrole nitrogens is 1. The van der Waals surface area contributed by atoms with Crippen LogP contribution in [-0.2, 0) is 11.2 Å². The number of piperazine rings is 1. The summed E-state index contributed by atoms with van der Waals surface area (Å²) in [5, 5.41) is 7.24. The van der Waals surface area contributed by atoms with Crippen LogP contribution < -0.4 is 4.90 Å². The van der Waals surface area contributed by atoms with Crippen molar-refractivity contribution in [3.8, 4) is 0 Å². The number of carbonyl (C=O) groups excluding carboxylic acids is 1. The number of anilines is 1. The third-order valence-corrected chi connectivity index (χ3v) is 4.14. The topological polar surface area (TPSA) is 78.0 Å². The number of hydrogen-bond donors (Lipinski definition) is 1. The minimum Gasteiger partial charge on any atom is -0.353 e. The summed E-state index contributed by atoms with van der Waals surface area (Å²) >= 11 is 11.5. The predicted molar refractivity (Wildman–Crippen MR) is 87.8 cm³/mol. The molecule has 3 rings (SSSR count). The SMILES string of the molecule is O=C(CCc1nc(Cl)n[nH]1)N1CCN(c2ccc(Cl)cn2)CC1. The number of carbonyl (C=O) groups is 1. The number of aryl methyl sites for hydroxylation is 1. The molecule has 1 fully saturated rings. The zero-order chi connectivity index (χ0) is 16.2. The summed E-state index contributed by atoms with van der Waals surface area (Å²) in [7, 11) is 0. The van der Waals surface area contributed by atoms with E-state index in [1.807, 2.05) is 17.0 Å². The van der Waals surface area contributed by atoms with Gasteiger partial charge < -0.3 is 9.80 Å². The molecule has 1 saturated heterocycles. The molecule has 1 N–H and O–H groups in total. The van der Waals surface area contributed by atoms with Crippen LogP contribution in [0, 0.1) is 0 Å². The Balaban J connectivity index is 1.48. The maximum Gasteiger partial charge on any atom is 0.242 e. The van der Waals surface area contributed by atoms with Gasteiger partial charge >= 0.3 is 0 Å². The van der Waals surface area contributed by atoms with Crippen LogP contribution in [0.4, 0.5) is 5.82 Å². The van der Waals surface area contributed by atoms with Crippen LogP contribution in [0.5, 0.6) is 0 Å². The van der Waals surface area contributed by atoms with Crippen molar-refractivity contribution in [3.05, 3.63) is 34.5 Å². The standard InChI is InChI=1S/C14H16Cl2N6O/c15-10-1-3-12(17-9-10)21-5-7-22(8-6-21)13(23)4-2-11-18-14(16)20-19-11/h1,3,9H,2,4-8H2,(H,18,19,20). The number of nitrogens with zero attached hydrogens (tertiary/aromatic N) is 5. The molecule has 122 valence electrons. The van der Waals surface area contributed by atoms with E-state index in [4.69, 9.17) is 23.2 Å². The molecule has 0 bridgehead atoms. The largest absolute Gasteiger partial charge is 0.353 e. The molecule has 0 atom stereocenters. The molecule has 0 spiro atoms. The molecule has 3 heterocycles. The van der Waals surface area contributed by atoms with Crippen molar-refractivity contribution in [1.29, 1.82) is 0 Å². The number of amides is 1. The molecule has 7 nitrogen and oxygen atoms in total. The highest BCUT2D eigenvalue weighted by molar-refractivity contribution is 6.30. The van der Waals surface area contributed by atoms with E-state index >= 15 is 0 Å². The lowest BCUT2D eigenvalue weighted by Crippen LogP contribution is -2.49. The first-order chi connectivity index (χ1) is 11.1. The van der Waals surface area contributed by atoms with Crippen LogP contribution >= 0.6 is 23.2 Å². The van der Waals surface area contributed by atoms with E-state index in [1.165, 1.54) is 0 Å². The highest BCUT2D eigenvalue weighted by atomic mass is 35.5. The Labute approximate surface area is 143 Å². The molecule has 2 aromatic heterocycles. The van der Waals surface area contributed by atoms with E-state index in [2.05, 4.69) is 25.1 Å². The van der Waals surface area contributed by atoms with Gasteiger partial charge in [0.2, 0.25) is 11.2 Å². The van der Waals surface area contributed by atoms with Gasteiger partial charge in [0.25, 0.3) is 0 Å². The molecule has 0 unspecified atom stereocenters. The van der Waals surface area contributed by atoms with Gasteiger partial charge in [-0.3, -0.25) is 9.89 Å². The number of halogens is 2. The second-order valence-corrected chi connectivity index (χ2v) is 6.03. The van der Waals surface area contributed by atoms with Gasteiger partial charge in [-0.1, -0.05) is 11.6 Å². The second kappa shape index (κ2) is 7.14. The quantitative estimate of drug-likeness (QED) is 0.905. The molecule has 0 saturated carbocycles. The van der Waals surface area contributed by atoms with Crippen molar-refractivity contribution in [1.82, 2.24) is 25.1 Å². The van der Waals surface area contributed by atoms with Gasteiger partial charge in [0.05, 0.1) is 5.02 Å². The fourth-order valence-corrected chi connectivity index (χ4v) is 2.76. The van der Waals surface area contributed by atoms with Gasteiger partial charge in [0, 0.05) is 45.2 Å². The smallest absolute Gasteiger partial charge is 0.242 e. The van der Waals surface area contributed by atoms with E-state index in [0.29, 0.717) is 36.8 Å². The average molecular weight is 355 g/mol. The minimum atomic E-state index is 0.112. The highest BCUT2D eigenvalue weighted by Gasteiger charge is 2.21. The van der Waals surface area contributed by atoms with Gasteiger partial charge in [0.15, 0.2) is 0 Å². The number of rotatable bonds is 4. The molecule has 1 aliphatic heterocycles. The van der Waals surface area contributed by atoms with E-state index in [0.717, 1.165) is 18.9 Å². The highest BCUT2D eigenvalue weighted by Crippen LogP contribution is 2.16. The van der Waals surface area contributed by atoms with Crippen LogP contribution in [0.25, 0.3) is 0 Å². The first-order valence-electron chi connectivity index (χ1n) is 7.33. The molecule has 0 aromatic carbocycles. The van der Waals surface area contributed by atoms with E-state index in [9.17, 15) is 4.79 Å². The van der Waals surface area contributed by atoms with Crippen LogP contribution in [0.15, 0.2) is 18.3 Å². The average Bonchev–Trinajstić information content (AvgIpc) is 2.99.